The van der Waals surface area contributed by atoms with Crippen molar-refractivity contribution in [2.75, 3.05) is 13.1 Å². The van der Waals surface area contributed by atoms with Crippen molar-refractivity contribution in [3.8, 4) is 5.75 Å². The van der Waals surface area contributed by atoms with Gasteiger partial charge in [0.2, 0.25) is 5.91 Å². The van der Waals surface area contributed by atoms with Crippen LogP contribution in [-0.2, 0) is 19.1 Å². The Morgan fingerprint density at radius 3 is 2.29 bits per heavy atom. The van der Waals surface area contributed by atoms with Gasteiger partial charge >= 0.3 is 12.1 Å². The molecule has 0 aromatic heterocycles. The first-order chi connectivity index (χ1) is 19.5. The molecule has 11 nitrogen and oxygen atoms in total. The largest absolute Gasteiger partial charge is 0.484 e. The van der Waals surface area contributed by atoms with E-state index in [2.05, 4.69) is 16.0 Å². The third-order valence-electron chi connectivity index (χ3n) is 6.06. The van der Waals surface area contributed by atoms with Crippen molar-refractivity contribution in [3.63, 3.8) is 0 Å². The smallest absolute Gasteiger partial charge is 0.408 e. The molecule has 1 aliphatic heterocycles. The van der Waals surface area contributed by atoms with Crippen molar-refractivity contribution in [3.05, 3.63) is 63.9 Å². The summed E-state index contributed by atoms with van der Waals surface area (Å²) in [6, 6.07) is 7.11. The number of nitrogens with one attached hydrogen (secondary N) is 3. The Hall–Kier alpha value is -4.19. The second-order valence-electron chi connectivity index (χ2n) is 11.1. The molecule has 0 unspecified atom stereocenters. The molecule has 0 spiro atoms. The second kappa shape index (κ2) is 12.8. The number of hydrogen-bond acceptors (Lipinski definition) is 8. The Bertz CT molecular complexity index is 1410. The standard InChI is InChI=1S/C29H33ClFN3O8/c1-15(35)16-8-10-21-18(11-16)24(34-26(38)17-7-9-20(31)19(30)12-17)25(29(5,6)41-21)40-23(37)14-32-22(36)13-33-27(39)42-28(2,3)4/h7-12,24-25H,13-14H2,1-6H3,(H,32,36)(H,33,39)(H,34,38)/t24-,25-/m0/s1. The number of amides is 3. The van der Waals surface area contributed by atoms with Gasteiger partial charge in [0.25, 0.3) is 5.91 Å². The highest BCUT2D eigenvalue weighted by atomic mass is 35.5. The van der Waals surface area contributed by atoms with E-state index < -0.39 is 66.1 Å². The summed E-state index contributed by atoms with van der Waals surface area (Å²) in [5, 5.41) is 7.17. The minimum atomic E-state index is -1.19. The fraction of sp³-hybridized carbons (Fsp3) is 0.414. The van der Waals surface area contributed by atoms with E-state index in [1.807, 2.05) is 0 Å². The molecule has 0 bridgehead atoms. The molecule has 0 saturated carbocycles. The van der Waals surface area contributed by atoms with Gasteiger partial charge in [0.05, 0.1) is 11.1 Å². The molecular formula is C29H33ClFN3O8. The van der Waals surface area contributed by atoms with Crippen LogP contribution in [0, 0.1) is 5.82 Å². The highest BCUT2D eigenvalue weighted by molar-refractivity contribution is 6.31. The van der Waals surface area contributed by atoms with Gasteiger partial charge in [-0.15, -0.1) is 0 Å². The number of carbonyl (C=O) groups is 5. The molecule has 0 radical (unpaired) electrons. The Morgan fingerprint density at radius 1 is 1.00 bits per heavy atom. The first-order valence-corrected chi connectivity index (χ1v) is 13.4. The van der Waals surface area contributed by atoms with Crippen LogP contribution >= 0.6 is 11.6 Å². The fourth-order valence-electron chi connectivity index (χ4n) is 4.12. The minimum Gasteiger partial charge on any atom is -0.484 e. The molecule has 13 heteroatoms. The topological polar surface area (TPSA) is 149 Å². The first kappa shape index (κ1) is 32.3. The van der Waals surface area contributed by atoms with Crippen molar-refractivity contribution in [1.82, 2.24) is 16.0 Å². The molecule has 0 saturated heterocycles. The van der Waals surface area contributed by atoms with Gasteiger partial charge in [-0.05, 0) is 77.9 Å². The number of benzene rings is 2. The molecule has 2 aromatic carbocycles. The summed E-state index contributed by atoms with van der Waals surface area (Å²) in [4.78, 5) is 62.2. The number of halogens is 2. The lowest BCUT2D eigenvalue weighted by Gasteiger charge is -2.44. The average molecular weight is 606 g/mol. The molecule has 1 aliphatic rings. The van der Waals surface area contributed by atoms with Crippen molar-refractivity contribution >= 4 is 41.3 Å². The normalized spacial score (nSPS) is 17.1. The summed E-state index contributed by atoms with van der Waals surface area (Å²) in [6.45, 7) is 8.67. The third kappa shape index (κ3) is 8.41. The van der Waals surface area contributed by atoms with Gasteiger partial charge in [-0.2, -0.15) is 0 Å². The Morgan fingerprint density at radius 2 is 1.67 bits per heavy atom. The van der Waals surface area contributed by atoms with Gasteiger partial charge in [-0.3, -0.25) is 19.2 Å². The Balaban J connectivity index is 1.80. The second-order valence-corrected chi connectivity index (χ2v) is 11.5. The summed E-state index contributed by atoms with van der Waals surface area (Å²) >= 11 is 5.86. The molecular weight excluding hydrogens is 573 g/mol. The summed E-state index contributed by atoms with van der Waals surface area (Å²) in [7, 11) is 0. The lowest BCUT2D eigenvalue weighted by molar-refractivity contribution is -0.164. The van der Waals surface area contributed by atoms with Crippen LogP contribution in [0.4, 0.5) is 9.18 Å². The number of ether oxygens (including phenoxy) is 3. The maximum absolute atomic E-state index is 13.7. The number of esters is 1. The summed E-state index contributed by atoms with van der Waals surface area (Å²) in [5.41, 5.74) is -1.20. The predicted octanol–water partition coefficient (Wildman–Crippen LogP) is 3.88. The van der Waals surface area contributed by atoms with Crippen LogP contribution in [0.3, 0.4) is 0 Å². The molecule has 3 amide bonds. The van der Waals surface area contributed by atoms with Gasteiger partial charge in [-0.1, -0.05) is 11.6 Å². The average Bonchev–Trinajstić information content (AvgIpc) is 2.88. The van der Waals surface area contributed by atoms with E-state index in [0.717, 1.165) is 12.1 Å². The van der Waals surface area contributed by atoms with E-state index in [1.165, 1.54) is 19.1 Å². The van der Waals surface area contributed by atoms with Gasteiger partial charge in [-0.25, -0.2) is 9.18 Å². The first-order valence-electron chi connectivity index (χ1n) is 13.0. The van der Waals surface area contributed by atoms with Crippen LogP contribution in [0.2, 0.25) is 5.02 Å². The van der Waals surface area contributed by atoms with Crippen LogP contribution in [0.5, 0.6) is 5.75 Å². The van der Waals surface area contributed by atoms with Crippen LogP contribution in [0.25, 0.3) is 0 Å². The maximum Gasteiger partial charge on any atom is 0.408 e. The number of alkyl carbamates (subject to hydrolysis) is 1. The van der Waals surface area contributed by atoms with Crippen molar-refractivity contribution in [2.24, 2.45) is 0 Å². The minimum absolute atomic E-state index is 0.0461. The highest BCUT2D eigenvalue weighted by Crippen LogP contribution is 2.42. The highest BCUT2D eigenvalue weighted by Gasteiger charge is 2.47. The van der Waals surface area contributed by atoms with E-state index in [9.17, 15) is 28.4 Å². The Kier molecular flexibility index (Phi) is 9.82. The van der Waals surface area contributed by atoms with Crippen LogP contribution in [0.1, 0.15) is 73.9 Å². The molecule has 0 aliphatic carbocycles. The van der Waals surface area contributed by atoms with Gasteiger partial charge in [0, 0.05) is 16.7 Å². The molecule has 42 heavy (non-hydrogen) atoms. The van der Waals surface area contributed by atoms with Crippen LogP contribution in [0.15, 0.2) is 36.4 Å². The zero-order valence-electron chi connectivity index (χ0n) is 24.1. The molecule has 2 atom stereocenters. The van der Waals surface area contributed by atoms with Gasteiger partial charge in [0.1, 0.15) is 35.9 Å². The molecule has 2 aromatic rings. The van der Waals surface area contributed by atoms with Crippen molar-refractivity contribution < 1.29 is 42.6 Å². The number of Topliss-reactive ketones (excluding diaryl/α,β-unsaturated/α-hetero) is 1. The zero-order chi connectivity index (χ0) is 31.4. The summed E-state index contributed by atoms with van der Waals surface area (Å²) < 4.78 is 30.6. The zero-order valence-corrected chi connectivity index (χ0v) is 24.8. The number of ketones is 1. The third-order valence-corrected chi connectivity index (χ3v) is 6.35. The van der Waals surface area contributed by atoms with E-state index >= 15 is 0 Å². The number of rotatable bonds is 8. The lowest BCUT2D eigenvalue weighted by atomic mass is 9.85. The maximum atomic E-state index is 13.7. The molecule has 3 rings (SSSR count). The molecule has 3 N–H and O–H groups in total. The monoisotopic (exact) mass is 605 g/mol. The lowest BCUT2D eigenvalue weighted by Crippen LogP contribution is -2.56. The molecule has 0 fully saturated rings. The van der Waals surface area contributed by atoms with E-state index in [4.69, 9.17) is 25.8 Å². The van der Waals surface area contributed by atoms with Gasteiger partial charge < -0.3 is 30.2 Å². The van der Waals surface area contributed by atoms with Gasteiger partial charge in [0.15, 0.2) is 11.9 Å². The van der Waals surface area contributed by atoms with Crippen molar-refractivity contribution in [1.29, 1.82) is 0 Å². The fourth-order valence-corrected chi connectivity index (χ4v) is 4.30. The number of fused-ring (bicyclic) bond motifs is 1. The number of hydrogen-bond donors (Lipinski definition) is 3. The van der Waals surface area contributed by atoms with E-state index in [0.29, 0.717) is 16.9 Å². The van der Waals surface area contributed by atoms with Crippen LogP contribution < -0.4 is 20.7 Å². The van der Waals surface area contributed by atoms with E-state index in [-0.39, 0.29) is 16.4 Å². The molecule has 226 valence electrons. The SMILES string of the molecule is CC(=O)c1ccc2c(c1)[C@H](NC(=O)c1ccc(F)c(Cl)c1)[C@H](OC(=O)CNC(=O)CNC(=O)OC(C)(C)C)C(C)(C)O2. The molecule has 1 heterocycles. The number of carbonyl (C=O) groups excluding carboxylic acids is 5. The predicted molar refractivity (Wildman–Crippen MR) is 150 cm³/mol. The summed E-state index contributed by atoms with van der Waals surface area (Å²) in [6.07, 6.45) is -1.94. The van der Waals surface area contributed by atoms with Crippen LogP contribution in [-0.4, -0.2) is 60.1 Å². The van der Waals surface area contributed by atoms with E-state index in [1.54, 1.807) is 46.8 Å². The summed E-state index contributed by atoms with van der Waals surface area (Å²) in [5.74, 6) is -2.78. The van der Waals surface area contributed by atoms with Crippen molar-refractivity contribution in [2.45, 2.75) is 64.9 Å². The Labute approximate surface area is 247 Å². The quantitative estimate of drug-likeness (QED) is 0.303.